The number of fused-ring (bicyclic) bond motifs is 3. The Morgan fingerprint density at radius 1 is 0.841 bits per heavy atom. The van der Waals surface area contributed by atoms with Gasteiger partial charge in [-0.25, -0.2) is 9.37 Å². The highest BCUT2D eigenvalue weighted by atomic mass is 35.5. The number of rotatable bonds is 5. The molecule has 0 unspecified atom stereocenters. The second-order valence-corrected chi connectivity index (χ2v) is 10.9. The van der Waals surface area contributed by atoms with Crippen molar-refractivity contribution in [3.63, 3.8) is 0 Å². The summed E-state index contributed by atoms with van der Waals surface area (Å²) < 4.78 is 25.8. The van der Waals surface area contributed by atoms with E-state index in [1.807, 2.05) is 24.3 Å². The van der Waals surface area contributed by atoms with Crippen molar-refractivity contribution in [2.75, 3.05) is 23.8 Å². The van der Waals surface area contributed by atoms with E-state index in [1.165, 1.54) is 6.07 Å². The van der Waals surface area contributed by atoms with Gasteiger partial charge in [0, 0.05) is 22.7 Å². The van der Waals surface area contributed by atoms with E-state index in [1.54, 1.807) is 60.7 Å². The molecule has 44 heavy (non-hydrogen) atoms. The molecular weight excluding hydrogens is 581 g/mol. The molecule has 4 aromatic carbocycles. The normalized spacial score (nSPS) is 14.4. The van der Waals surface area contributed by atoms with Crippen LogP contribution < -0.4 is 20.1 Å². The number of pyridine rings is 1. The maximum Gasteiger partial charge on any atom is 0.257 e. The van der Waals surface area contributed by atoms with Crippen LogP contribution in [0.15, 0.2) is 84.9 Å². The average molecular weight is 606 g/mol. The third-order valence-electron chi connectivity index (χ3n) is 7.71. The van der Waals surface area contributed by atoms with Crippen molar-refractivity contribution in [3.8, 4) is 11.5 Å². The average Bonchev–Trinajstić information content (AvgIpc) is 3.43. The van der Waals surface area contributed by atoms with Gasteiger partial charge in [-0.05, 0) is 72.5 Å². The number of amides is 2. The molecule has 1 aliphatic carbocycles. The molecule has 1 aliphatic heterocycles. The zero-order valence-electron chi connectivity index (χ0n) is 23.3. The van der Waals surface area contributed by atoms with Crippen LogP contribution in [0.4, 0.5) is 15.8 Å². The number of carbonyl (C=O) groups excluding carboxylic acids is 2. The highest BCUT2D eigenvalue weighted by Crippen LogP contribution is 2.39. The highest BCUT2D eigenvalue weighted by Gasteiger charge is 2.28. The first-order valence-electron chi connectivity index (χ1n) is 14.1. The molecule has 7 rings (SSSR count). The summed E-state index contributed by atoms with van der Waals surface area (Å²) in [4.78, 5) is 32.3. The Hall–Kier alpha value is -5.21. The minimum Gasteiger partial charge on any atom is -0.486 e. The Balaban J connectivity index is 1.23. The third-order valence-corrected chi connectivity index (χ3v) is 8.04. The second-order valence-electron chi connectivity index (χ2n) is 10.4. The number of allylic oxidation sites excluding steroid dienone is 1. The van der Waals surface area contributed by atoms with Crippen LogP contribution in [0.5, 0.6) is 11.5 Å². The molecule has 2 aliphatic rings. The molecule has 1 aromatic heterocycles. The van der Waals surface area contributed by atoms with Crippen LogP contribution in [-0.2, 0) is 6.42 Å². The van der Waals surface area contributed by atoms with Crippen LogP contribution in [0.25, 0.3) is 22.6 Å². The van der Waals surface area contributed by atoms with Gasteiger partial charge in [-0.3, -0.25) is 9.59 Å². The molecular formula is C35H25ClFN3O4. The van der Waals surface area contributed by atoms with Gasteiger partial charge in [-0.1, -0.05) is 48.0 Å². The first kappa shape index (κ1) is 27.6. The highest BCUT2D eigenvalue weighted by molar-refractivity contribution is 6.32. The molecule has 2 N–H and O–H groups in total. The van der Waals surface area contributed by atoms with Gasteiger partial charge >= 0.3 is 0 Å². The van der Waals surface area contributed by atoms with E-state index in [-0.39, 0.29) is 11.5 Å². The largest absolute Gasteiger partial charge is 0.486 e. The molecule has 0 radical (unpaired) electrons. The van der Waals surface area contributed by atoms with E-state index < -0.39 is 11.7 Å². The first-order valence-corrected chi connectivity index (χ1v) is 14.5. The lowest BCUT2D eigenvalue weighted by Gasteiger charge is -2.19. The maximum absolute atomic E-state index is 14.6. The van der Waals surface area contributed by atoms with E-state index in [4.69, 9.17) is 26.1 Å². The molecule has 0 spiro atoms. The minimum absolute atomic E-state index is 0.288. The Morgan fingerprint density at radius 3 is 2.50 bits per heavy atom. The van der Waals surface area contributed by atoms with Gasteiger partial charge in [0.05, 0.1) is 33.0 Å². The van der Waals surface area contributed by atoms with Crippen molar-refractivity contribution in [3.05, 3.63) is 124 Å². The Labute approximate surface area is 257 Å². The summed E-state index contributed by atoms with van der Waals surface area (Å²) in [5.41, 5.74) is 4.77. The zero-order valence-corrected chi connectivity index (χ0v) is 24.1. The monoisotopic (exact) mass is 605 g/mol. The molecule has 0 atom stereocenters. The third kappa shape index (κ3) is 5.14. The maximum atomic E-state index is 14.6. The van der Waals surface area contributed by atoms with Crippen LogP contribution in [0.1, 0.15) is 44.0 Å². The van der Waals surface area contributed by atoms with Crippen molar-refractivity contribution < 1.29 is 23.5 Å². The van der Waals surface area contributed by atoms with Crippen molar-refractivity contribution in [1.82, 2.24) is 4.98 Å². The molecule has 2 heterocycles. The van der Waals surface area contributed by atoms with Gasteiger partial charge in [0.15, 0.2) is 11.5 Å². The molecule has 0 saturated heterocycles. The Morgan fingerprint density at radius 2 is 1.64 bits per heavy atom. The summed E-state index contributed by atoms with van der Waals surface area (Å²) in [5.74, 6) is -0.0175. The zero-order chi connectivity index (χ0) is 30.2. The number of aromatic nitrogens is 1. The van der Waals surface area contributed by atoms with Crippen LogP contribution in [-0.4, -0.2) is 30.0 Å². The molecule has 0 fully saturated rings. The van der Waals surface area contributed by atoms with Crippen LogP contribution in [0, 0.1) is 5.82 Å². The lowest BCUT2D eigenvalue weighted by atomic mass is 9.99. The molecule has 9 heteroatoms. The van der Waals surface area contributed by atoms with E-state index in [0.717, 1.165) is 11.1 Å². The van der Waals surface area contributed by atoms with Gasteiger partial charge in [0.1, 0.15) is 19.0 Å². The van der Waals surface area contributed by atoms with Gasteiger partial charge in [0.25, 0.3) is 11.8 Å². The minimum atomic E-state index is -0.427. The van der Waals surface area contributed by atoms with Crippen LogP contribution in [0.2, 0.25) is 5.02 Å². The topological polar surface area (TPSA) is 89.5 Å². The molecule has 7 nitrogen and oxygen atoms in total. The van der Waals surface area contributed by atoms with Gasteiger partial charge in [-0.15, -0.1) is 0 Å². The number of hydrogen-bond donors (Lipinski definition) is 2. The molecule has 0 saturated carbocycles. The number of nitrogens with one attached hydrogen (secondary N) is 2. The summed E-state index contributed by atoms with van der Waals surface area (Å²) in [6.07, 6.45) is 2.82. The molecule has 2 amide bonds. The summed E-state index contributed by atoms with van der Waals surface area (Å²) >= 11 is 6.31. The number of ether oxygens (including phenoxy) is 2. The fourth-order valence-corrected chi connectivity index (χ4v) is 5.87. The predicted octanol–water partition coefficient (Wildman–Crippen LogP) is 7.79. The van der Waals surface area contributed by atoms with Crippen molar-refractivity contribution in [2.24, 2.45) is 0 Å². The van der Waals surface area contributed by atoms with Crippen LogP contribution in [0.3, 0.4) is 0 Å². The van der Waals surface area contributed by atoms with Crippen molar-refractivity contribution >= 4 is 57.3 Å². The fourth-order valence-electron chi connectivity index (χ4n) is 5.66. The number of benzene rings is 4. The number of nitrogens with zero attached hydrogens (tertiary/aromatic N) is 1. The fraction of sp³-hybridized carbons (Fsp3) is 0.114. The molecule has 218 valence electrons. The smallest absolute Gasteiger partial charge is 0.257 e. The summed E-state index contributed by atoms with van der Waals surface area (Å²) in [5, 5.41) is 6.85. The standard InChI is InChI=1S/C35H25ClFN3O4/c36-26-8-5-9-27(37)25(26)18-20-12-14-24-32(22-6-1-3-10-28(22)39-33(20)24)35(42)40-29-11-4-2-7-23(29)34(41)38-21-13-15-30-31(19-21)44-17-16-43-30/h1-11,13,15,18-19H,12,14,16-17H2,(H,38,41)(H,40,42)/b20-18+. The summed E-state index contributed by atoms with van der Waals surface area (Å²) in [6.45, 7) is 0.903. The summed E-state index contributed by atoms with van der Waals surface area (Å²) in [7, 11) is 0. The van der Waals surface area contributed by atoms with Gasteiger partial charge < -0.3 is 20.1 Å². The number of carbonyl (C=O) groups is 2. The second kappa shape index (κ2) is 11.5. The van der Waals surface area contributed by atoms with E-state index in [9.17, 15) is 14.0 Å². The SMILES string of the molecule is O=C(Nc1ccc2c(c1)OCCO2)c1ccccc1NC(=O)c1c2c(nc3ccccc13)/C(=C/c1c(F)cccc1Cl)CC2. The van der Waals surface area contributed by atoms with Crippen molar-refractivity contribution in [1.29, 1.82) is 0 Å². The number of halogens is 2. The number of anilines is 2. The number of para-hydroxylation sites is 2. The van der Waals surface area contributed by atoms with E-state index in [2.05, 4.69) is 10.6 Å². The quantitative estimate of drug-likeness (QED) is 0.213. The molecule has 0 bridgehead atoms. The molecule has 5 aromatic rings. The Bertz CT molecular complexity index is 1990. The first-order chi connectivity index (χ1) is 21.5. The summed E-state index contributed by atoms with van der Waals surface area (Å²) in [6, 6.07) is 24.0. The lowest BCUT2D eigenvalue weighted by Crippen LogP contribution is -2.20. The lowest BCUT2D eigenvalue weighted by molar-refractivity contribution is 0.102. The van der Waals surface area contributed by atoms with Gasteiger partial charge in [0.2, 0.25) is 0 Å². The van der Waals surface area contributed by atoms with Crippen LogP contribution >= 0.6 is 11.6 Å². The van der Waals surface area contributed by atoms with Gasteiger partial charge in [-0.2, -0.15) is 0 Å². The van der Waals surface area contributed by atoms with Crippen molar-refractivity contribution in [2.45, 2.75) is 12.8 Å². The Kier molecular flexibility index (Phi) is 7.20. The van der Waals surface area contributed by atoms with E-state index in [0.29, 0.717) is 81.7 Å². The number of hydrogen-bond acceptors (Lipinski definition) is 5. The van der Waals surface area contributed by atoms with E-state index >= 15 is 0 Å². The predicted molar refractivity (Wildman–Crippen MR) is 169 cm³/mol.